The highest BCUT2D eigenvalue weighted by atomic mass is 32.1. The van der Waals surface area contributed by atoms with E-state index in [1.807, 2.05) is 48.7 Å². The third-order valence-corrected chi connectivity index (χ3v) is 7.07. The topological polar surface area (TPSA) is 80.4 Å². The third-order valence-electron chi connectivity index (χ3n) is 6.18. The molecule has 1 aliphatic heterocycles. The van der Waals surface area contributed by atoms with Gasteiger partial charge in [0, 0.05) is 17.5 Å². The maximum atomic E-state index is 13.2. The molecule has 0 spiro atoms. The number of nitrogens with zero attached hydrogens (tertiary/aromatic N) is 3. The first-order valence-corrected chi connectivity index (χ1v) is 12.1. The summed E-state index contributed by atoms with van der Waals surface area (Å²) >= 11 is 1.44. The van der Waals surface area contributed by atoms with E-state index in [0.717, 1.165) is 48.4 Å². The van der Waals surface area contributed by atoms with Gasteiger partial charge in [-0.1, -0.05) is 29.8 Å². The molecule has 7 nitrogen and oxygen atoms in total. The van der Waals surface area contributed by atoms with Crippen LogP contribution in [0.15, 0.2) is 63.6 Å². The van der Waals surface area contributed by atoms with Crippen LogP contribution in [-0.4, -0.2) is 40.0 Å². The van der Waals surface area contributed by atoms with Gasteiger partial charge in [0.15, 0.2) is 0 Å². The fraction of sp³-hybridized carbons (Fsp3) is 0.320. The van der Waals surface area contributed by atoms with Gasteiger partial charge in [-0.05, 0) is 50.6 Å². The molecule has 1 fully saturated rings. The van der Waals surface area contributed by atoms with Crippen molar-refractivity contribution >= 4 is 27.5 Å². The van der Waals surface area contributed by atoms with Crippen LogP contribution in [0.2, 0.25) is 0 Å². The number of benzene rings is 1. The number of hydrogen-bond donors (Lipinski definition) is 1. The van der Waals surface area contributed by atoms with Crippen LogP contribution in [0.4, 0.5) is 0 Å². The zero-order valence-corrected chi connectivity index (χ0v) is 19.3. The second-order valence-corrected chi connectivity index (χ2v) is 9.31. The number of thiophene rings is 1. The molecule has 1 saturated heterocycles. The summed E-state index contributed by atoms with van der Waals surface area (Å²) in [7, 11) is 0. The smallest absolute Gasteiger partial charge is 0.263 e. The average molecular weight is 463 g/mol. The van der Waals surface area contributed by atoms with Crippen molar-refractivity contribution in [1.29, 1.82) is 0 Å². The largest absolute Gasteiger partial charge is 0.468 e. The number of aryl methyl sites for hydroxylation is 1. The Kier molecular flexibility index (Phi) is 6.11. The molecule has 0 saturated carbocycles. The van der Waals surface area contributed by atoms with Crippen LogP contribution in [0.5, 0.6) is 0 Å². The molecular weight excluding hydrogens is 436 g/mol. The van der Waals surface area contributed by atoms with E-state index < -0.39 is 0 Å². The van der Waals surface area contributed by atoms with Gasteiger partial charge in [0.1, 0.15) is 17.1 Å². The van der Waals surface area contributed by atoms with Gasteiger partial charge >= 0.3 is 0 Å². The lowest BCUT2D eigenvalue weighted by molar-refractivity contribution is -0.122. The quantitative estimate of drug-likeness (QED) is 0.449. The lowest BCUT2D eigenvalue weighted by Gasteiger charge is -2.26. The molecule has 0 unspecified atom stereocenters. The molecule has 4 heterocycles. The highest BCUT2D eigenvalue weighted by Gasteiger charge is 2.26. The number of carbonyl (C=O) groups excluding carboxylic acids is 1. The van der Waals surface area contributed by atoms with Crippen molar-refractivity contribution in [3.05, 3.63) is 76.0 Å². The predicted molar refractivity (Wildman–Crippen MR) is 129 cm³/mol. The molecule has 170 valence electrons. The van der Waals surface area contributed by atoms with Gasteiger partial charge in [0.2, 0.25) is 5.91 Å². The Morgan fingerprint density at radius 3 is 2.73 bits per heavy atom. The summed E-state index contributed by atoms with van der Waals surface area (Å²) in [5, 5.41) is 5.51. The van der Waals surface area contributed by atoms with E-state index in [1.165, 1.54) is 22.2 Å². The summed E-state index contributed by atoms with van der Waals surface area (Å²) in [5.74, 6) is 0.625. The molecule has 4 aromatic rings. The fourth-order valence-electron chi connectivity index (χ4n) is 4.39. The molecule has 5 rings (SSSR count). The van der Waals surface area contributed by atoms with Gasteiger partial charge in [-0.2, -0.15) is 0 Å². The van der Waals surface area contributed by atoms with Crippen LogP contribution in [0.3, 0.4) is 0 Å². The van der Waals surface area contributed by atoms with Crippen LogP contribution < -0.4 is 10.9 Å². The summed E-state index contributed by atoms with van der Waals surface area (Å²) in [6.45, 7) is 4.37. The minimum Gasteiger partial charge on any atom is -0.468 e. The van der Waals surface area contributed by atoms with E-state index in [2.05, 4.69) is 15.2 Å². The number of carbonyl (C=O) groups is 1. The first-order valence-electron chi connectivity index (χ1n) is 11.2. The Hall–Kier alpha value is -3.23. The second kappa shape index (κ2) is 9.33. The van der Waals surface area contributed by atoms with Crippen molar-refractivity contribution in [2.24, 2.45) is 0 Å². The number of fused-ring (bicyclic) bond motifs is 1. The maximum absolute atomic E-state index is 13.2. The van der Waals surface area contributed by atoms with E-state index in [9.17, 15) is 9.59 Å². The molecule has 1 N–H and O–H groups in total. The molecule has 33 heavy (non-hydrogen) atoms. The SMILES string of the molecule is Cc1ccc(-c2csc3ncn(CC(=O)NC[C@@H](c4ccco4)N4CCCC4)c(=O)c23)cc1. The van der Waals surface area contributed by atoms with Gasteiger partial charge in [-0.25, -0.2) is 4.98 Å². The molecule has 0 bridgehead atoms. The van der Waals surface area contributed by atoms with E-state index in [-0.39, 0.29) is 24.1 Å². The number of nitrogens with one attached hydrogen (secondary N) is 1. The molecule has 1 atom stereocenters. The summed E-state index contributed by atoms with van der Waals surface area (Å²) in [6, 6.07) is 11.9. The number of hydrogen-bond acceptors (Lipinski definition) is 6. The minimum absolute atomic E-state index is 0.00575. The zero-order chi connectivity index (χ0) is 22.8. The Morgan fingerprint density at radius 2 is 2.00 bits per heavy atom. The number of amides is 1. The minimum atomic E-state index is -0.221. The molecule has 1 aliphatic rings. The van der Waals surface area contributed by atoms with Crippen molar-refractivity contribution in [1.82, 2.24) is 19.8 Å². The van der Waals surface area contributed by atoms with E-state index in [1.54, 1.807) is 6.26 Å². The Morgan fingerprint density at radius 1 is 1.21 bits per heavy atom. The summed E-state index contributed by atoms with van der Waals surface area (Å²) in [4.78, 5) is 33.5. The molecule has 1 amide bonds. The van der Waals surface area contributed by atoms with Crippen molar-refractivity contribution in [3.63, 3.8) is 0 Å². The van der Waals surface area contributed by atoms with Crippen molar-refractivity contribution in [2.75, 3.05) is 19.6 Å². The molecule has 0 aliphatic carbocycles. The first kappa shape index (κ1) is 21.6. The molecule has 8 heteroatoms. The van der Waals surface area contributed by atoms with Crippen LogP contribution in [0.1, 0.15) is 30.2 Å². The van der Waals surface area contributed by atoms with E-state index >= 15 is 0 Å². The molecule has 0 radical (unpaired) electrons. The Bertz CT molecular complexity index is 1300. The van der Waals surface area contributed by atoms with E-state index in [0.29, 0.717) is 16.8 Å². The van der Waals surface area contributed by atoms with Crippen LogP contribution in [0.25, 0.3) is 21.3 Å². The van der Waals surface area contributed by atoms with E-state index in [4.69, 9.17) is 4.42 Å². The number of rotatable bonds is 7. The van der Waals surface area contributed by atoms with Crippen molar-refractivity contribution in [2.45, 2.75) is 32.4 Å². The lowest BCUT2D eigenvalue weighted by Crippen LogP contribution is -2.39. The second-order valence-electron chi connectivity index (χ2n) is 8.45. The fourth-order valence-corrected chi connectivity index (χ4v) is 5.30. The van der Waals surface area contributed by atoms with Crippen LogP contribution in [-0.2, 0) is 11.3 Å². The van der Waals surface area contributed by atoms with Gasteiger partial charge in [0.25, 0.3) is 5.56 Å². The zero-order valence-electron chi connectivity index (χ0n) is 18.5. The first-order chi connectivity index (χ1) is 16.1. The van der Waals surface area contributed by atoms with Gasteiger partial charge in [-0.15, -0.1) is 11.3 Å². The highest BCUT2D eigenvalue weighted by Crippen LogP contribution is 2.30. The van der Waals surface area contributed by atoms with Gasteiger partial charge < -0.3 is 9.73 Å². The Labute approximate surface area is 195 Å². The molecule has 1 aromatic carbocycles. The van der Waals surface area contributed by atoms with Crippen molar-refractivity contribution < 1.29 is 9.21 Å². The van der Waals surface area contributed by atoms with Crippen LogP contribution >= 0.6 is 11.3 Å². The average Bonchev–Trinajstić information content (AvgIpc) is 3.59. The molecular formula is C25H26N4O3S. The summed E-state index contributed by atoms with van der Waals surface area (Å²) < 4.78 is 7.01. The number of furan rings is 1. The highest BCUT2D eigenvalue weighted by molar-refractivity contribution is 7.17. The van der Waals surface area contributed by atoms with Crippen molar-refractivity contribution in [3.8, 4) is 11.1 Å². The Balaban J connectivity index is 1.34. The molecule has 3 aromatic heterocycles. The number of likely N-dealkylation sites (tertiary alicyclic amines) is 1. The standard InChI is InChI=1S/C25H26N4O3S/c1-17-6-8-18(9-7-17)19-15-33-24-23(19)25(31)29(16-27-24)14-22(30)26-13-20(21-5-4-12-32-21)28-10-2-3-11-28/h4-9,12,15-16,20H,2-3,10-11,13-14H2,1H3,(H,26,30)/t20-/m0/s1. The number of aromatic nitrogens is 2. The third kappa shape index (κ3) is 4.49. The maximum Gasteiger partial charge on any atom is 0.263 e. The summed E-state index contributed by atoms with van der Waals surface area (Å²) in [6.07, 6.45) is 5.42. The van der Waals surface area contributed by atoms with Crippen LogP contribution in [0, 0.1) is 6.92 Å². The van der Waals surface area contributed by atoms with Gasteiger partial charge in [-0.3, -0.25) is 19.1 Å². The van der Waals surface area contributed by atoms with Gasteiger partial charge in [0.05, 0.1) is 24.0 Å². The normalized spacial score (nSPS) is 15.2. The predicted octanol–water partition coefficient (Wildman–Crippen LogP) is 3.98. The monoisotopic (exact) mass is 462 g/mol. The lowest BCUT2D eigenvalue weighted by atomic mass is 10.1. The summed E-state index contributed by atoms with van der Waals surface area (Å²) in [5.41, 5.74) is 2.79.